The molecule has 0 amide bonds. The molecule has 0 atom stereocenters. The van der Waals surface area contributed by atoms with Crippen LogP contribution in [0.5, 0.6) is 5.75 Å². The highest BCUT2D eigenvalue weighted by Gasteiger charge is 2.20. The van der Waals surface area contributed by atoms with Gasteiger partial charge in [0.2, 0.25) is 0 Å². The lowest BCUT2D eigenvalue weighted by atomic mass is 10.3. The molecule has 0 bridgehead atoms. The number of methoxy groups -OCH3 is 1. The van der Waals surface area contributed by atoms with Gasteiger partial charge in [0.1, 0.15) is 5.75 Å². The maximum Gasteiger partial charge on any atom is 0.137 e. The summed E-state index contributed by atoms with van der Waals surface area (Å²) in [5.41, 5.74) is 1.07. The van der Waals surface area contributed by atoms with Crippen LogP contribution in [0.4, 0.5) is 5.69 Å². The fourth-order valence-electron chi connectivity index (χ4n) is 1.36. The van der Waals surface area contributed by atoms with Gasteiger partial charge >= 0.3 is 0 Å². The first-order valence-electron chi connectivity index (χ1n) is 4.87. The molecule has 0 spiro atoms. The van der Waals surface area contributed by atoms with Gasteiger partial charge in [0.15, 0.2) is 0 Å². The number of benzene rings is 1. The van der Waals surface area contributed by atoms with Crippen LogP contribution in [-0.2, 0) is 0 Å². The van der Waals surface area contributed by atoms with Crippen LogP contribution in [0.1, 0.15) is 12.8 Å². The average molecular weight is 212 g/mol. The standard InChI is InChI=1S/C11H14ClNO/c1-14-11-5-4-9(6-10(11)12)13-7-8-2-3-8/h4-6,8,13H,2-3,7H2,1H3. The molecule has 1 fully saturated rings. The SMILES string of the molecule is COc1ccc(NCC2CC2)cc1Cl. The van der Waals surface area contributed by atoms with E-state index in [1.165, 1.54) is 12.8 Å². The van der Waals surface area contributed by atoms with Crippen molar-refractivity contribution in [2.24, 2.45) is 5.92 Å². The molecule has 1 aromatic carbocycles. The van der Waals surface area contributed by atoms with E-state index in [0.29, 0.717) is 5.02 Å². The second-order valence-electron chi connectivity index (χ2n) is 3.67. The minimum absolute atomic E-state index is 0.660. The summed E-state index contributed by atoms with van der Waals surface area (Å²) in [5.74, 6) is 1.60. The van der Waals surface area contributed by atoms with Crippen LogP contribution in [-0.4, -0.2) is 13.7 Å². The summed E-state index contributed by atoms with van der Waals surface area (Å²) in [5, 5.41) is 4.02. The van der Waals surface area contributed by atoms with Gasteiger partial charge in [-0.25, -0.2) is 0 Å². The second-order valence-corrected chi connectivity index (χ2v) is 4.08. The molecule has 2 rings (SSSR count). The molecule has 1 aromatic rings. The minimum Gasteiger partial charge on any atom is -0.495 e. The van der Waals surface area contributed by atoms with E-state index in [1.807, 2.05) is 18.2 Å². The molecule has 1 aliphatic rings. The van der Waals surface area contributed by atoms with Crippen LogP contribution in [0.3, 0.4) is 0 Å². The van der Waals surface area contributed by atoms with Crippen molar-refractivity contribution in [3.63, 3.8) is 0 Å². The lowest BCUT2D eigenvalue weighted by molar-refractivity contribution is 0.415. The van der Waals surface area contributed by atoms with Crippen molar-refractivity contribution in [1.82, 2.24) is 0 Å². The third-order valence-corrected chi connectivity index (χ3v) is 2.74. The molecule has 1 N–H and O–H groups in total. The number of rotatable bonds is 4. The molecule has 0 heterocycles. The zero-order valence-electron chi connectivity index (χ0n) is 8.22. The Morgan fingerprint density at radius 1 is 1.50 bits per heavy atom. The number of halogens is 1. The highest BCUT2D eigenvalue weighted by molar-refractivity contribution is 6.32. The third kappa shape index (κ3) is 2.32. The maximum absolute atomic E-state index is 6.00. The van der Waals surface area contributed by atoms with Crippen molar-refractivity contribution >= 4 is 17.3 Å². The first-order chi connectivity index (χ1) is 6.79. The molecule has 3 heteroatoms. The van der Waals surface area contributed by atoms with Crippen LogP contribution in [0.2, 0.25) is 5.02 Å². The maximum atomic E-state index is 6.00. The highest BCUT2D eigenvalue weighted by Crippen LogP contribution is 2.31. The van der Waals surface area contributed by atoms with Gasteiger partial charge < -0.3 is 10.1 Å². The van der Waals surface area contributed by atoms with Gasteiger partial charge in [-0.05, 0) is 37.0 Å². The van der Waals surface area contributed by atoms with Crippen LogP contribution in [0.25, 0.3) is 0 Å². The second kappa shape index (κ2) is 4.09. The number of ether oxygens (including phenoxy) is 1. The van der Waals surface area contributed by atoms with E-state index >= 15 is 0 Å². The van der Waals surface area contributed by atoms with Crippen molar-refractivity contribution in [2.45, 2.75) is 12.8 Å². The number of anilines is 1. The van der Waals surface area contributed by atoms with Crippen LogP contribution in [0.15, 0.2) is 18.2 Å². The van der Waals surface area contributed by atoms with Crippen molar-refractivity contribution in [1.29, 1.82) is 0 Å². The topological polar surface area (TPSA) is 21.3 Å². The molecule has 1 aliphatic carbocycles. The molecular weight excluding hydrogens is 198 g/mol. The molecular formula is C11H14ClNO. The predicted octanol–water partition coefficient (Wildman–Crippen LogP) is 3.17. The number of nitrogens with one attached hydrogen (secondary N) is 1. The van der Waals surface area contributed by atoms with E-state index < -0.39 is 0 Å². The lowest BCUT2D eigenvalue weighted by Crippen LogP contribution is -2.02. The van der Waals surface area contributed by atoms with Gasteiger partial charge in [0.05, 0.1) is 12.1 Å². The average Bonchev–Trinajstić information content (AvgIpc) is 2.98. The summed E-state index contributed by atoms with van der Waals surface area (Å²) < 4.78 is 5.08. The number of hydrogen-bond acceptors (Lipinski definition) is 2. The summed E-state index contributed by atoms with van der Waals surface area (Å²) in [7, 11) is 1.62. The van der Waals surface area contributed by atoms with E-state index in [9.17, 15) is 0 Å². The summed E-state index contributed by atoms with van der Waals surface area (Å²) >= 11 is 6.00. The Morgan fingerprint density at radius 3 is 2.86 bits per heavy atom. The van der Waals surface area contributed by atoms with E-state index in [-0.39, 0.29) is 0 Å². The van der Waals surface area contributed by atoms with E-state index in [2.05, 4.69) is 5.32 Å². The molecule has 1 saturated carbocycles. The van der Waals surface area contributed by atoms with Gasteiger partial charge in [0.25, 0.3) is 0 Å². The molecule has 0 radical (unpaired) electrons. The van der Waals surface area contributed by atoms with Crippen molar-refractivity contribution in [2.75, 3.05) is 19.0 Å². The molecule has 14 heavy (non-hydrogen) atoms. The Morgan fingerprint density at radius 2 is 2.29 bits per heavy atom. The summed E-state index contributed by atoms with van der Waals surface area (Å²) in [6.45, 7) is 1.06. The quantitative estimate of drug-likeness (QED) is 0.826. The summed E-state index contributed by atoms with van der Waals surface area (Å²) in [6.07, 6.45) is 2.72. The minimum atomic E-state index is 0.660. The zero-order valence-corrected chi connectivity index (χ0v) is 8.97. The van der Waals surface area contributed by atoms with Gasteiger partial charge in [-0.1, -0.05) is 11.6 Å². The van der Waals surface area contributed by atoms with Crippen molar-refractivity contribution in [3.8, 4) is 5.75 Å². The third-order valence-electron chi connectivity index (χ3n) is 2.44. The first-order valence-corrected chi connectivity index (χ1v) is 5.25. The van der Waals surface area contributed by atoms with Gasteiger partial charge in [-0.15, -0.1) is 0 Å². The van der Waals surface area contributed by atoms with Gasteiger partial charge in [-0.2, -0.15) is 0 Å². The summed E-state index contributed by atoms with van der Waals surface area (Å²) in [6, 6.07) is 5.79. The fraction of sp³-hybridized carbons (Fsp3) is 0.455. The largest absolute Gasteiger partial charge is 0.495 e. The molecule has 0 unspecified atom stereocenters. The Hall–Kier alpha value is -0.890. The van der Waals surface area contributed by atoms with E-state index in [1.54, 1.807) is 7.11 Å². The van der Waals surface area contributed by atoms with Gasteiger partial charge in [0, 0.05) is 12.2 Å². The Labute approximate surface area is 89.2 Å². The Balaban J connectivity index is 1.99. The molecule has 0 saturated heterocycles. The highest BCUT2D eigenvalue weighted by atomic mass is 35.5. The van der Waals surface area contributed by atoms with Crippen LogP contribution >= 0.6 is 11.6 Å². The van der Waals surface area contributed by atoms with Crippen LogP contribution in [0, 0.1) is 5.92 Å². The van der Waals surface area contributed by atoms with E-state index in [0.717, 1.165) is 23.9 Å². The summed E-state index contributed by atoms with van der Waals surface area (Å²) in [4.78, 5) is 0. The normalized spacial score (nSPS) is 15.3. The first kappa shape index (κ1) is 9.66. The molecule has 0 aromatic heterocycles. The van der Waals surface area contributed by atoms with Crippen molar-refractivity contribution in [3.05, 3.63) is 23.2 Å². The smallest absolute Gasteiger partial charge is 0.137 e. The fourth-order valence-corrected chi connectivity index (χ4v) is 1.62. The van der Waals surface area contributed by atoms with Gasteiger partial charge in [-0.3, -0.25) is 0 Å². The monoisotopic (exact) mass is 211 g/mol. The predicted molar refractivity (Wildman–Crippen MR) is 59.2 cm³/mol. The lowest BCUT2D eigenvalue weighted by Gasteiger charge is -2.08. The molecule has 0 aliphatic heterocycles. The van der Waals surface area contributed by atoms with Crippen molar-refractivity contribution < 1.29 is 4.74 Å². The number of hydrogen-bond donors (Lipinski definition) is 1. The zero-order chi connectivity index (χ0) is 9.97. The van der Waals surface area contributed by atoms with Crippen LogP contribution < -0.4 is 10.1 Å². The Kier molecular flexibility index (Phi) is 2.82. The van der Waals surface area contributed by atoms with E-state index in [4.69, 9.17) is 16.3 Å². The molecule has 76 valence electrons. The molecule has 2 nitrogen and oxygen atoms in total. The Bertz CT molecular complexity index is 323.